The van der Waals surface area contributed by atoms with E-state index in [1.807, 2.05) is 31.3 Å². The smallest absolute Gasteiger partial charge is 0.119 e. The highest BCUT2D eigenvalue weighted by Crippen LogP contribution is 2.50. The molecule has 132 valence electrons. The first-order valence-electron chi connectivity index (χ1n) is 9.09. The molecule has 0 spiro atoms. The summed E-state index contributed by atoms with van der Waals surface area (Å²) >= 11 is 0. The minimum atomic E-state index is -0.776. The van der Waals surface area contributed by atoms with Crippen LogP contribution in [0.2, 0.25) is 0 Å². The highest BCUT2D eigenvalue weighted by atomic mass is 16.5. The number of ether oxygens (including phenoxy) is 1. The Morgan fingerprint density at radius 1 is 1.28 bits per heavy atom. The van der Waals surface area contributed by atoms with Gasteiger partial charge in [0.05, 0.1) is 12.8 Å². The Hall–Kier alpha value is -1.91. The van der Waals surface area contributed by atoms with Gasteiger partial charge in [0.1, 0.15) is 11.4 Å². The fourth-order valence-corrected chi connectivity index (χ4v) is 4.58. The van der Waals surface area contributed by atoms with Crippen LogP contribution in [0.3, 0.4) is 0 Å². The van der Waals surface area contributed by atoms with E-state index in [2.05, 4.69) is 28.1 Å². The Morgan fingerprint density at radius 3 is 2.92 bits per heavy atom. The summed E-state index contributed by atoms with van der Waals surface area (Å²) in [6, 6.07) is 12.3. The van der Waals surface area contributed by atoms with Crippen molar-refractivity contribution in [1.82, 2.24) is 9.88 Å². The number of benzene rings is 1. The van der Waals surface area contributed by atoms with Crippen LogP contribution < -0.4 is 4.74 Å². The van der Waals surface area contributed by atoms with Crippen molar-refractivity contribution in [2.75, 3.05) is 20.2 Å². The van der Waals surface area contributed by atoms with Crippen LogP contribution >= 0.6 is 0 Å². The van der Waals surface area contributed by atoms with E-state index in [1.165, 1.54) is 5.56 Å². The standard InChI is InChI=1S/C21H26N2O2/c1-15-6-7-20(22-11-15)21(24)9-8-17-13-23(14-19(17)21)12-16-4-3-5-18(10-16)25-2/h3-7,10-11,17,19,24H,8-9,12-14H2,1-2H3/t17-,19+,21-/m0/s1. The lowest BCUT2D eigenvalue weighted by atomic mass is 9.85. The van der Waals surface area contributed by atoms with Crippen molar-refractivity contribution in [1.29, 1.82) is 0 Å². The molecule has 4 heteroatoms. The third-order valence-electron chi connectivity index (χ3n) is 5.92. The summed E-state index contributed by atoms with van der Waals surface area (Å²) in [6.07, 6.45) is 3.76. The molecule has 4 nitrogen and oxygen atoms in total. The lowest BCUT2D eigenvalue weighted by Gasteiger charge is -2.30. The molecule has 1 aliphatic heterocycles. The number of aliphatic hydroxyl groups is 1. The molecular weight excluding hydrogens is 312 g/mol. The second-order valence-electron chi connectivity index (χ2n) is 7.60. The van der Waals surface area contributed by atoms with Crippen molar-refractivity contribution in [3.8, 4) is 5.75 Å². The largest absolute Gasteiger partial charge is 0.497 e. The number of aryl methyl sites for hydroxylation is 1. The molecule has 3 atom stereocenters. The number of hydrogen-bond donors (Lipinski definition) is 1. The van der Waals surface area contributed by atoms with Crippen molar-refractivity contribution in [3.63, 3.8) is 0 Å². The lowest BCUT2D eigenvalue weighted by molar-refractivity contribution is -0.0108. The molecule has 2 aromatic rings. The van der Waals surface area contributed by atoms with Gasteiger partial charge in [0.15, 0.2) is 0 Å². The molecule has 25 heavy (non-hydrogen) atoms. The number of nitrogens with zero attached hydrogens (tertiary/aromatic N) is 2. The normalized spacial score (nSPS) is 28.9. The van der Waals surface area contributed by atoms with E-state index in [0.29, 0.717) is 5.92 Å². The van der Waals surface area contributed by atoms with Gasteiger partial charge in [-0.2, -0.15) is 0 Å². The van der Waals surface area contributed by atoms with Crippen LogP contribution in [0.25, 0.3) is 0 Å². The molecule has 1 saturated carbocycles. The van der Waals surface area contributed by atoms with Gasteiger partial charge in [-0.3, -0.25) is 9.88 Å². The highest BCUT2D eigenvalue weighted by Gasteiger charge is 2.52. The van der Waals surface area contributed by atoms with Crippen molar-refractivity contribution >= 4 is 0 Å². The number of aromatic nitrogens is 1. The maximum absolute atomic E-state index is 11.4. The van der Waals surface area contributed by atoms with E-state index < -0.39 is 5.60 Å². The van der Waals surface area contributed by atoms with Gasteiger partial charge in [0, 0.05) is 31.7 Å². The first-order chi connectivity index (χ1) is 12.1. The minimum absolute atomic E-state index is 0.272. The molecule has 4 rings (SSSR count). The van der Waals surface area contributed by atoms with E-state index >= 15 is 0 Å². The van der Waals surface area contributed by atoms with Gasteiger partial charge in [0.25, 0.3) is 0 Å². The van der Waals surface area contributed by atoms with Crippen molar-refractivity contribution in [2.45, 2.75) is 31.9 Å². The Bertz CT molecular complexity index is 746. The zero-order chi connectivity index (χ0) is 17.4. The molecule has 2 fully saturated rings. The quantitative estimate of drug-likeness (QED) is 0.930. The zero-order valence-electron chi connectivity index (χ0n) is 15.0. The maximum Gasteiger partial charge on any atom is 0.119 e. The number of likely N-dealkylation sites (tertiary alicyclic amines) is 1. The second-order valence-corrected chi connectivity index (χ2v) is 7.60. The number of methoxy groups -OCH3 is 1. The third-order valence-corrected chi connectivity index (χ3v) is 5.92. The summed E-state index contributed by atoms with van der Waals surface area (Å²) in [4.78, 5) is 7.00. The van der Waals surface area contributed by atoms with Gasteiger partial charge in [-0.1, -0.05) is 18.2 Å². The molecule has 0 amide bonds. The fraction of sp³-hybridized carbons (Fsp3) is 0.476. The van der Waals surface area contributed by atoms with Crippen molar-refractivity contribution < 1.29 is 9.84 Å². The SMILES string of the molecule is COc1cccc(CN2C[C@@H]3CC[C@@](O)(c4ccc(C)cn4)[C@@H]3C2)c1. The molecular formula is C21H26N2O2. The summed E-state index contributed by atoms with van der Waals surface area (Å²) in [6.45, 7) is 4.91. The van der Waals surface area contributed by atoms with E-state index in [9.17, 15) is 5.11 Å². The average Bonchev–Trinajstić information content (AvgIpc) is 3.16. The molecule has 0 bridgehead atoms. The summed E-state index contributed by atoms with van der Waals surface area (Å²) in [7, 11) is 1.70. The molecule has 1 aromatic heterocycles. The van der Waals surface area contributed by atoms with Gasteiger partial charge >= 0.3 is 0 Å². The first-order valence-corrected chi connectivity index (χ1v) is 9.09. The molecule has 1 N–H and O–H groups in total. The fourth-order valence-electron chi connectivity index (χ4n) is 4.58. The molecule has 1 saturated heterocycles. The van der Waals surface area contributed by atoms with E-state index in [0.717, 1.165) is 49.5 Å². The van der Waals surface area contributed by atoms with Gasteiger partial charge in [-0.25, -0.2) is 0 Å². The van der Waals surface area contributed by atoms with Crippen molar-refractivity contribution in [3.05, 3.63) is 59.4 Å². The van der Waals surface area contributed by atoms with Crippen LogP contribution in [-0.2, 0) is 12.1 Å². The number of rotatable bonds is 4. The Balaban J connectivity index is 1.50. The van der Waals surface area contributed by atoms with E-state index in [4.69, 9.17) is 4.74 Å². The predicted octanol–water partition coefficient (Wildman–Crippen LogP) is 3.13. The highest BCUT2D eigenvalue weighted by molar-refractivity contribution is 5.29. The number of hydrogen-bond acceptors (Lipinski definition) is 4. The summed E-state index contributed by atoms with van der Waals surface area (Å²) in [5, 5.41) is 11.4. The molecule has 2 heterocycles. The van der Waals surface area contributed by atoms with Crippen LogP contribution in [-0.4, -0.2) is 35.2 Å². The summed E-state index contributed by atoms with van der Waals surface area (Å²) in [5.74, 6) is 1.73. The number of pyridine rings is 1. The minimum Gasteiger partial charge on any atom is -0.497 e. The summed E-state index contributed by atoms with van der Waals surface area (Å²) < 4.78 is 5.33. The third kappa shape index (κ3) is 3.05. The van der Waals surface area contributed by atoms with Gasteiger partial charge in [-0.05, 0) is 55.0 Å². The van der Waals surface area contributed by atoms with Crippen LogP contribution in [0.5, 0.6) is 5.75 Å². The van der Waals surface area contributed by atoms with Gasteiger partial charge in [-0.15, -0.1) is 0 Å². The van der Waals surface area contributed by atoms with Gasteiger partial charge < -0.3 is 9.84 Å². The second kappa shape index (κ2) is 6.43. The van der Waals surface area contributed by atoms with Crippen LogP contribution in [0.1, 0.15) is 29.7 Å². The first kappa shape index (κ1) is 16.6. The van der Waals surface area contributed by atoms with E-state index in [1.54, 1.807) is 7.11 Å². The maximum atomic E-state index is 11.4. The molecule has 0 unspecified atom stereocenters. The molecule has 0 radical (unpaired) electrons. The van der Waals surface area contributed by atoms with Crippen LogP contribution in [0, 0.1) is 18.8 Å². The monoisotopic (exact) mass is 338 g/mol. The van der Waals surface area contributed by atoms with Crippen molar-refractivity contribution in [2.24, 2.45) is 11.8 Å². The zero-order valence-corrected chi connectivity index (χ0v) is 15.0. The lowest BCUT2D eigenvalue weighted by Crippen LogP contribution is -2.35. The van der Waals surface area contributed by atoms with E-state index in [-0.39, 0.29) is 5.92 Å². The average molecular weight is 338 g/mol. The number of fused-ring (bicyclic) bond motifs is 1. The van der Waals surface area contributed by atoms with Gasteiger partial charge in [0.2, 0.25) is 0 Å². The van der Waals surface area contributed by atoms with Crippen LogP contribution in [0.4, 0.5) is 0 Å². The Labute approximate surface area is 149 Å². The van der Waals surface area contributed by atoms with Crippen LogP contribution in [0.15, 0.2) is 42.6 Å². The Kier molecular flexibility index (Phi) is 4.26. The molecule has 2 aliphatic rings. The molecule has 1 aromatic carbocycles. The predicted molar refractivity (Wildman–Crippen MR) is 97.4 cm³/mol. The Morgan fingerprint density at radius 2 is 2.16 bits per heavy atom. The molecule has 1 aliphatic carbocycles. The topological polar surface area (TPSA) is 45.6 Å². The summed E-state index contributed by atoms with van der Waals surface area (Å²) in [5.41, 5.74) is 2.46.